The molecule has 0 spiro atoms. The van der Waals surface area contributed by atoms with Crippen LogP contribution in [0, 0.1) is 6.92 Å². The highest BCUT2D eigenvalue weighted by Gasteiger charge is 2.35. The van der Waals surface area contributed by atoms with Crippen LogP contribution in [0.15, 0.2) is 42.5 Å². The molecular weight excluding hydrogens is 344 g/mol. The van der Waals surface area contributed by atoms with Gasteiger partial charge in [-0.05, 0) is 49.2 Å². The monoisotopic (exact) mass is 364 g/mol. The molecule has 0 atom stereocenters. The van der Waals surface area contributed by atoms with Gasteiger partial charge in [0.05, 0.1) is 24.3 Å². The van der Waals surface area contributed by atoms with Crippen LogP contribution in [0.1, 0.15) is 49.1 Å². The molecule has 2 N–H and O–H groups in total. The van der Waals surface area contributed by atoms with Crippen LogP contribution >= 0.6 is 0 Å². The van der Waals surface area contributed by atoms with Crippen LogP contribution in [0.4, 0.5) is 5.69 Å². The zero-order chi connectivity index (χ0) is 19.6. The number of aryl methyl sites for hydroxylation is 1. The van der Waals surface area contributed by atoms with Gasteiger partial charge in [0.25, 0.3) is 17.7 Å². The topological polar surface area (TPSA) is 86.7 Å². The molecule has 0 aromatic heterocycles. The Morgan fingerprint density at radius 1 is 1.11 bits per heavy atom. The van der Waals surface area contributed by atoms with Crippen molar-refractivity contribution in [3.05, 3.63) is 70.3 Å². The van der Waals surface area contributed by atoms with Gasteiger partial charge in [-0.2, -0.15) is 0 Å². The van der Waals surface area contributed by atoms with Crippen molar-refractivity contribution in [2.75, 3.05) is 18.5 Å². The van der Waals surface area contributed by atoms with E-state index in [1.54, 1.807) is 12.1 Å². The number of anilines is 1. The summed E-state index contributed by atoms with van der Waals surface area (Å²) in [7, 11) is 0. The van der Waals surface area contributed by atoms with Gasteiger partial charge in [0.15, 0.2) is 0 Å². The van der Waals surface area contributed by atoms with E-state index < -0.39 is 11.8 Å². The van der Waals surface area contributed by atoms with Gasteiger partial charge in [-0.1, -0.05) is 24.3 Å². The number of amides is 3. The number of rotatable bonds is 5. The molecule has 1 heterocycles. The Morgan fingerprint density at radius 3 is 2.52 bits per heavy atom. The van der Waals surface area contributed by atoms with Gasteiger partial charge in [0, 0.05) is 11.3 Å². The minimum Gasteiger partial charge on any atom is -0.395 e. The predicted octanol–water partition coefficient (Wildman–Crippen LogP) is 2.87. The van der Waals surface area contributed by atoms with E-state index in [4.69, 9.17) is 5.11 Å². The summed E-state index contributed by atoms with van der Waals surface area (Å²) >= 11 is 0. The molecule has 0 saturated carbocycles. The van der Waals surface area contributed by atoms with E-state index in [1.165, 1.54) is 12.1 Å². The normalized spacial score (nSPS) is 13.4. The molecule has 0 unspecified atom stereocenters. The number of imide groups is 1. The number of hydrogen-bond acceptors (Lipinski definition) is 4. The summed E-state index contributed by atoms with van der Waals surface area (Å²) in [4.78, 5) is 38.1. The second kappa shape index (κ2) is 7.55. The van der Waals surface area contributed by atoms with Gasteiger partial charge in [-0.3, -0.25) is 19.3 Å². The van der Waals surface area contributed by atoms with E-state index in [0.29, 0.717) is 11.3 Å². The first kappa shape index (κ1) is 18.5. The van der Waals surface area contributed by atoms with Crippen molar-refractivity contribution < 1.29 is 19.5 Å². The highest BCUT2D eigenvalue weighted by atomic mass is 16.3. The van der Waals surface area contributed by atoms with Crippen LogP contribution in [-0.4, -0.2) is 40.9 Å². The lowest BCUT2D eigenvalue weighted by molar-refractivity contribution is 0.0624. The fourth-order valence-corrected chi connectivity index (χ4v) is 3.11. The maximum atomic E-state index is 12.6. The number of allylic oxidation sites excluding steroid dienone is 1. The van der Waals surface area contributed by atoms with E-state index in [-0.39, 0.29) is 30.2 Å². The molecule has 0 saturated heterocycles. The maximum Gasteiger partial charge on any atom is 0.261 e. The van der Waals surface area contributed by atoms with Crippen LogP contribution < -0.4 is 5.32 Å². The number of β-amino-alcohol motifs (C(OH)–C–C–N with tert-alkyl or cyclic N) is 1. The lowest BCUT2D eigenvalue weighted by Gasteiger charge is -2.10. The predicted molar refractivity (Wildman–Crippen MR) is 103 cm³/mol. The summed E-state index contributed by atoms with van der Waals surface area (Å²) in [6.45, 7) is 3.44. The second-order valence-electron chi connectivity index (χ2n) is 6.27. The van der Waals surface area contributed by atoms with E-state index in [1.807, 2.05) is 38.1 Å². The van der Waals surface area contributed by atoms with Gasteiger partial charge in [0.2, 0.25) is 0 Å². The minimum absolute atomic E-state index is 0.0498. The zero-order valence-corrected chi connectivity index (χ0v) is 15.2. The summed E-state index contributed by atoms with van der Waals surface area (Å²) in [5.41, 5.74) is 3.32. The van der Waals surface area contributed by atoms with E-state index >= 15 is 0 Å². The Bertz CT molecular complexity index is 963. The van der Waals surface area contributed by atoms with E-state index in [2.05, 4.69) is 5.32 Å². The summed E-state index contributed by atoms with van der Waals surface area (Å²) in [5, 5.41) is 11.8. The molecule has 3 amide bonds. The first-order valence-corrected chi connectivity index (χ1v) is 8.62. The molecule has 0 fully saturated rings. The third kappa shape index (κ3) is 3.52. The molecule has 6 heteroatoms. The Balaban J connectivity index is 1.83. The third-order valence-corrected chi connectivity index (χ3v) is 4.41. The third-order valence-electron chi connectivity index (χ3n) is 4.41. The van der Waals surface area contributed by atoms with Gasteiger partial charge in [0.1, 0.15) is 0 Å². The molecule has 0 radical (unpaired) electrons. The van der Waals surface area contributed by atoms with Gasteiger partial charge in [-0.25, -0.2) is 0 Å². The molecule has 6 nitrogen and oxygen atoms in total. The van der Waals surface area contributed by atoms with Gasteiger partial charge in [-0.15, -0.1) is 0 Å². The van der Waals surface area contributed by atoms with E-state index in [9.17, 15) is 14.4 Å². The fourth-order valence-electron chi connectivity index (χ4n) is 3.11. The lowest BCUT2D eigenvalue weighted by atomic mass is 10.0. The number of hydrogen-bond donors (Lipinski definition) is 2. The number of aliphatic hydroxyl groups excluding tert-OH is 1. The van der Waals surface area contributed by atoms with Crippen LogP contribution in [0.2, 0.25) is 0 Å². The standard InChI is InChI=1S/C21H20N2O4/c1-3-4-14-5-7-16(13(2)11-14)19(25)22-15-6-8-17-18(12-15)21(27)23(9-10-24)20(17)26/h3-8,11-12,24H,9-10H2,1-2H3,(H,22,25)/b4-3+. The quantitative estimate of drug-likeness (QED) is 0.799. The number of carbonyl (C=O) groups is 3. The van der Waals surface area contributed by atoms with Crippen molar-refractivity contribution in [3.63, 3.8) is 0 Å². The number of carbonyl (C=O) groups excluding carboxylic acids is 3. The number of nitrogens with one attached hydrogen (secondary N) is 1. The first-order chi connectivity index (χ1) is 13.0. The molecule has 138 valence electrons. The SMILES string of the molecule is C/C=C/c1ccc(C(=O)Nc2ccc3c(c2)C(=O)N(CCO)C3=O)c(C)c1. The molecule has 0 aliphatic carbocycles. The molecule has 27 heavy (non-hydrogen) atoms. The Hall–Kier alpha value is -3.25. The molecule has 2 aromatic rings. The molecule has 2 aromatic carbocycles. The Labute approximate surface area is 157 Å². The van der Waals surface area contributed by atoms with Crippen molar-refractivity contribution in [2.24, 2.45) is 0 Å². The molecule has 3 rings (SSSR count). The highest BCUT2D eigenvalue weighted by molar-refractivity contribution is 6.22. The van der Waals surface area contributed by atoms with Crippen molar-refractivity contribution in [1.29, 1.82) is 0 Å². The number of aliphatic hydroxyl groups is 1. The van der Waals surface area contributed by atoms with Crippen molar-refractivity contribution in [1.82, 2.24) is 4.90 Å². The molecule has 0 bridgehead atoms. The molecular formula is C21H20N2O4. The van der Waals surface area contributed by atoms with Crippen LogP contribution in [0.5, 0.6) is 0 Å². The minimum atomic E-state index is -0.466. The number of nitrogens with zero attached hydrogens (tertiary/aromatic N) is 1. The first-order valence-electron chi connectivity index (χ1n) is 8.62. The Morgan fingerprint density at radius 2 is 1.85 bits per heavy atom. The van der Waals surface area contributed by atoms with Crippen molar-refractivity contribution in [3.8, 4) is 0 Å². The molecule has 1 aliphatic heterocycles. The smallest absolute Gasteiger partial charge is 0.261 e. The number of fused-ring (bicyclic) bond motifs is 1. The molecule has 1 aliphatic rings. The summed E-state index contributed by atoms with van der Waals surface area (Å²) in [6.07, 6.45) is 3.88. The van der Waals surface area contributed by atoms with E-state index in [0.717, 1.165) is 16.0 Å². The van der Waals surface area contributed by atoms with Crippen LogP contribution in [0.3, 0.4) is 0 Å². The van der Waals surface area contributed by atoms with Crippen molar-refractivity contribution in [2.45, 2.75) is 13.8 Å². The second-order valence-corrected chi connectivity index (χ2v) is 6.27. The van der Waals surface area contributed by atoms with Crippen LogP contribution in [-0.2, 0) is 0 Å². The van der Waals surface area contributed by atoms with Gasteiger partial charge < -0.3 is 10.4 Å². The van der Waals surface area contributed by atoms with Gasteiger partial charge >= 0.3 is 0 Å². The lowest BCUT2D eigenvalue weighted by Crippen LogP contribution is -2.32. The average Bonchev–Trinajstić information content (AvgIpc) is 2.87. The fraction of sp³-hybridized carbons (Fsp3) is 0.190. The zero-order valence-electron chi connectivity index (χ0n) is 15.2. The highest BCUT2D eigenvalue weighted by Crippen LogP contribution is 2.26. The Kier molecular flexibility index (Phi) is 5.19. The largest absolute Gasteiger partial charge is 0.395 e. The summed E-state index contributed by atoms with van der Waals surface area (Å²) < 4.78 is 0. The average molecular weight is 364 g/mol. The van der Waals surface area contributed by atoms with Crippen molar-refractivity contribution >= 4 is 29.5 Å². The summed E-state index contributed by atoms with van der Waals surface area (Å²) in [5.74, 6) is -1.19. The maximum absolute atomic E-state index is 12.6. The van der Waals surface area contributed by atoms with Crippen LogP contribution in [0.25, 0.3) is 6.08 Å². The summed E-state index contributed by atoms with van der Waals surface area (Å²) in [6, 6.07) is 10.1. The number of benzene rings is 2.